The molecule has 3 heteroatoms. The molecule has 0 bridgehead atoms. The molecule has 64 valence electrons. The van der Waals surface area contributed by atoms with Gasteiger partial charge in [-0.3, -0.25) is 0 Å². The van der Waals surface area contributed by atoms with E-state index >= 15 is 0 Å². The molecule has 0 heterocycles. The summed E-state index contributed by atoms with van der Waals surface area (Å²) in [5.74, 6) is 0. The SMILES string of the molecule is BCON=C[C@@]1(C)C=CC=CC1. The fraction of sp³-hybridized carbons (Fsp3) is 0.444. The van der Waals surface area contributed by atoms with Gasteiger partial charge in [0.05, 0.1) is 12.7 Å². The number of nitrogens with zero attached hydrogens (tertiary/aromatic N) is 1. The number of hydrogen-bond acceptors (Lipinski definition) is 2. The monoisotopic (exact) mass is 163 g/mol. The van der Waals surface area contributed by atoms with E-state index in [1.54, 1.807) is 0 Å². The van der Waals surface area contributed by atoms with Crippen molar-refractivity contribution in [3.05, 3.63) is 24.3 Å². The Morgan fingerprint density at radius 3 is 3.08 bits per heavy atom. The van der Waals surface area contributed by atoms with Gasteiger partial charge in [-0.1, -0.05) is 36.4 Å². The highest BCUT2D eigenvalue weighted by Crippen LogP contribution is 2.24. The maximum Gasteiger partial charge on any atom is 0.154 e. The van der Waals surface area contributed by atoms with Crippen molar-refractivity contribution in [1.29, 1.82) is 0 Å². The largest absolute Gasteiger partial charge is 0.406 e. The summed E-state index contributed by atoms with van der Waals surface area (Å²) >= 11 is 0. The first-order valence-corrected chi connectivity index (χ1v) is 4.28. The van der Waals surface area contributed by atoms with Crippen molar-refractivity contribution in [2.24, 2.45) is 10.6 Å². The highest BCUT2D eigenvalue weighted by Gasteiger charge is 2.17. The zero-order valence-corrected chi connectivity index (χ0v) is 7.66. The zero-order valence-electron chi connectivity index (χ0n) is 7.66. The van der Waals surface area contributed by atoms with Crippen molar-refractivity contribution in [3.63, 3.8) is 0 Å². The van der Waals surface area contributed by atoms with Gasteiger partial charge in [-0.05, 0) is 6.42 Å². The quantitative estimate of drug-likeness (QED) is 0.347. The fourth-order valence-corrected chi connectivity index (χ4v) is 1.07. The molecular formula is C9H14BNO. The fourth-order valence-electron chi connectivity index (χ4n) is 1.07. The molecule has 0 aliphatic heterocycles. The Kier molecular flexibility index (Phi) is 3.14. The lowest BCUT2D eigenvalue weighted by molar-refractivity contribution is 0.191. The summed E-state index contributed by atoms with van der Waals surface area (Å²) in [6.07, 6.45) is 11.2. The Morgan fingerprint density at radius 2 is 2.50 bits per heavy atom. The summed E-state index contributed by atoms with van der Waals surface area (Å²) in [6, 6.07) is 0. The van der Waals surface area contributed by atoms with Crippen LogP contribution in [0.5, 0.6) is 0 Å². The van der Waals surface area contributed by atoms with Gasteiger partial charge in [-0.15, -0.1) is 0 Å². The van der Waals surface area contributed by atoms with Crippen LogP contribution in [0.1, 0.15) is 13.3 Å². The molecule has 0 saturated carbocycles. The van der Waals surface area contributed by atoms with Gasteiger partial charge in [-0.25, -0.2) is 0 Å². The summed E-state index contributed by atoms with van der Waals surface area (Å²) in [5.41, 5.74) is 0.0456. The third kappa shape index (κ3) is 2.57. The molecule has 1 aliphatic carbocycles. The van der Waals surface area contributed by atoms with Crippen LogP contribution in [-0.4, -0.2) is 20.6 Å². The zero-order chi connectivity index (χ0) is 8.86. The van der Waals surface area contributed by atoms with E-state index in [0.717, 1.165) is 6.42 Å². The van der Waals surface area contributed by atoms with Crippen molar-refractivity contribution in [2.45, 2.75) is 13.3 Å². The molecule has 1 atom stereocenters. The van der Waals surface area contributed by atoms with Crippen LogP contribution in [0, 0.1) is 5.41 Å². The minimum Gasteiger partial charge on any atom is -0.406 e. The maximum atomic E-state index is 4.91. The van der Waals surface area contributed by atoms with Gasteiger partial charge in [0, 0.05) is 5.41 Å². The third-order valence-electron chi connectivity index (χ3n) is 1.83. The Balaban J connectivity index is 2.49. The highest BCUT2D eigenvalue weighted by atomic mass is 16.6. The van der Waals surface area contributed by atoms with Crippen molar-refractivity contribution in [2.75, 3.05) is 6.51 Å². The van der Waals surface area contributed by atoms with Crippen LogP contribution in [0.4, 0.5) is 0 Å². The summed E-state index contributed by atoms with van der Waals surface area (Å²) in [4.78, 5) is 4.91. The highest BCUT2D eigenvalue weighted by molar-refractivity contribution is 6.08. The van der Waals surface area contributed by atoms with Gasteiger partial charge in [0.1, 0.15) is 0 Å². The molecule has 12 heavy (non-hydrogen) atoms. The first kappa shape index (κ1) is 9.11. The predicted molar refractivity (Wildman–Crippen MR) is 54.0 cm³/mol. The normalized spacial score (nSPS) is 28.1. The molecule has 1 rings (SSSR count). The molecule has 0 aromatic rings. The standard InChI is InChI=1S/C9H14BNO/c1-9(7-11-12-8-10)5-3-2-4-6-9/h2-5,7H,6,8,10H2,1H3/t9-/m0/s1. The minimum absolute atomic E-state index is 0.0456. The summed E-state index contributed by atoms with van der Waals surface area (Å²) in [6.45, 7) is 2.77. The van der Waals surface area contributed by atoms with E-state index < -0.39 is 0 Å². The maximum absolute atomic E-state index is 4.91. The van der Waals surface area contributed by atoms with Crippen molar-refractivity contribution >= 4 is 14.1 Å². The molecule has 0 spiro atoms. The average Bonchev–Trinajstić information content (AvgIpc) is 2.06. The van der Waals surface area contributed by atoms with Crippen LogP contribution in [0.25, 0.3) is 0 Å². The van der Waals surface area contributed by atoms with Gasteiger partial charge in [-0.2, -0.15) is 0 Å². The van der Waals surface area contributed by atoms with Crippen LogP contribution in [0.15, 0.2) is 29.5 Å². The Bertz CT molecular complexity index is 223. The smallest absolute Gasteiger partial charge is 0.154 e. The molecule has 0 aromatic carbocycles. The summed E-state index contributed by atoms with van der Waals surface area (Å²) in [5, 5.41) is 3.88. The van der Waals surface area contributed by atoms with Crippen molar-refractivity contribution < 1.29 is 4.84 Å². The van der Waals surface area contributed by atoms with E-state index in [4.69, 9.17) is 4.84 Å². The van der Waals surface area contributed by atoms with E-state index in [2.05, 4.69) is 30.3 Å². The first-order chi connectivity index (χ1) is 5.77. The average molecular weight is 163 g/mol. The molecule has 0 fully saturated rings. The molecule has 0 unspecified atom stereocenters. The number of allylic oxidation sites excluding steroid dienone is 4. The van der Waals surface area contributed by atoms with Crippen molar-refractivity contribution in [3.8, 4) is 0 Å². The van der Waals surface area contributed by atoms with Crippen LogP contribution in [0.2, 0.25) is 0 Å². The second-order valence-corrected chi connectivity index (χ2v) is 3.15. The Labute approximate surface area is 74.4 Å². The number of oxime groups is 1. The predicted octanol–water partition coefficient (Wildman–Crippen LogP) is 1.10. The molecule has 0 N–H and O–H groups in total. The lowest BCUT2D eigenvalue weighted by Crippen LogP contribution is -2.15. The van der Waals surface area contributed by atoms with Gasteiger partial charge >= 0.3 is 0 Å². The Hall–Kier alpha value is -0.985. The van der Waals surface area contributed by atoms with Crippen LogP contribution < -0.4 is 0 Å². The number of hydrogen-bond donors (Lipinski definition) is 0. The van der Waals surface area contributed by atoms with Gasteiger partial charge in [0.15, 0.2) is 7.85 Å². The van der Waals surface area contributed by atoms with E-state index in [9.17, 15) is 0 Å². The second-order valence-electron chi connectivity index (χ2n) is 3.15. The summed E-state index contributed by atoms with van der Waals surface area (Å²) in [7, 11) is 1.93. The molecule has 0 aromatic heterocycles. The number of rotatable bonds is 3. The Morgan fingerprint density at radius 1 is 1.67 bits per heavy atom. The molecule has 1 aliphatic rings. The molecule has 0 amide bonds. The molecule has 2 nitrogen and oxygen atoms in total. The van der Waals surface area contributed by atoms with E-state index in [1.165, 1.54) is 0 Å². The lowest BCUT2D eigenvalue weighted by atomic mass is 9.85. The molecular weight excluding hydrogens is 149 g/mol. The minimum atomic E-state index is 0.0456. The van der Waals surface area contributed by atoms with E-state index in [-0.39, 0.29) is 5.41 Å². The van der Waals surface area contributed by atoms with Gasteiger partial charge in [0.25, 0.3) is 0 Å². The first-order valence-electron chi connectivity index (χ1n) is 4.28. The van der Waals surface area contributed by atoms with Crippen LogP contribution >= 0.6 is 0 Å². The molecule has 0 saturated heterocycles. The summed E-state index contributed by atoms with van der Waals surface area (Å²) < 4.78 is 0. The van der Waals surface area contributed by atoms with Crippen LogP contribution in [-0.2, 0) is 4.84 Å². The second kappa shape index (κ2) is 4.14. The van der Waals surface area contributed by atoms with E-state index in [1.807, 2.05) is 20.1 Å². The van der Waals surface area contributed by atoms with Crippen molar-refractivity contribution in [1.82, 2.24) is 0 Å². The van der Waals surface area contributed by atoms with Gasteiger partial charge in [0.2, 0.25) is 0 Å². The third-order valence-corrected chi connectivity index (χ3v) is 1.83. The van der Waals surface area contributed by atoms with Crippen LogP contribution in [0.3, 0.4) is 0 Å². The molecule has 0 radical (unpaired) electrons. The lowest BCUT2D eigenvalue weighted by Gasteiger charge is -2.20. The topological polar surface area (TPSA) is 21.6 Å². The van der Waals surface area contributed by atoms with Gasteiger partial charge < -0.3 is 4.84 Å². The van der Waals surface area contributed by atoms with E-state index in [0.29, 0.717) is 6.51 Å².